The Kier molecular flexibility index (Phi) is 4.35. The van der Waals surface area contributed by atoms with Crippen molar-refractivity contribution in [2.75, 3.05) is 7.11 Å². The van der Waals surface area contributed by atoms with Gasteiger partial charge in [-0.15, -0.1) is 0 Å². The predicted molar refractivity (Wildman–Crippen MR) is 68.3 cm³/mol. The molecule has 0 saturated heterocycles. The monoisotopic (exact) mass is 254 g/mol. The molecule has 0 aliphatic heterocycles. The molecule has 4 heteroatoms. The van der Waals surface area contributed by atoms with Gasteiger partial charge in [-0.05, 0) is 25.3 Å². The van der Waals surface area contributed by atoms with Crippen LogP contribution >= 0.6 is 11.6 Å². The fraction of sp³-hybridized carbons (Fsp3) is 0.692. The van der Waals surface area contributed by atoms with Crippen LogP contribution in [0.4, 0.5) is 0 Å². The zero-order chi connectivity index (χ0) is 12.3. The summed E-state index contributed by atoms with van der Waals surface area (Å²) in [5, 5.41) is 0.535. The highest BCUT2D eigenvalue weighted by molar-refractivity contribution is 6.29. The fourth-order valence-corrected chi connectivity index (χ4v) is 2.68. The quantitative estimate of drug-likeness (QED) is 0.765. The van der Waals surface area contributed by atoms with Gasteiger partial charge in [0.05, 0.1) is 0 Å². The second kappa shape index (κ2) is 5.78. The first-order valence-corrected chi connectivity index (χ1v) is 6.69. The first kappa shape index (κ1) is 12.8. The highest BCUT2D eigenvalue weighted by Gasteiger charge is 2.21. The third-order valence-corrected chi connectivity index (χ3v) is 3.64. The number of halogens is 1. The third-order valence-electron chi connectivity index (χ3n) is 3.45. The first-order chi connectivity index (χ1) is 8.24. The van der Waals surface area contributed by atoms with E-state index < -0.39 is 0 Å². The molecule has 17 heavy (non-hydrogen) atoms. The van der Waals surface area contributed by atoms with Gasteiger partial charge in [-0.3, -0.25) is 0 Å². The summed E-state index contributed by atoms with van der Waals surface area (Å²) in [5.74, 6) is 1.29. The lowest BCUT2D eigenvalue weighted by Crippen LogP contribution is -2.09. The van der Waals surface area contributed by atoms with Crippen LogP contribution in [-0.2, 0) is 4.74 Å². The second-order valence-corrected chi connectivity index (χ2v) is 4.97. The van der Waals surface area contributed by atoms with Crippen molar-refractivity contribution >= 4 is 11.6 Å². The van der Waals surface area contributed by atoms with Gasteiger partial charge < -0.3 is 4.74 Å². The normalized spacial score (nSPS) is 18.5. The van der Waals surface area contributed by atoms with Crippen LogP contribution in [0.15, 0.2) is 6.07 Å². The van der Waals surface area contributed by atoms with Crippen LogP contribution in [0.3, 0.4) is 0 Å². The predicted octanol–water partition coefficient (Wildman–Crippen LogP) is 3.89. The number of rotatable bonds is 4. The maximum atomic E-state index is 6.08. The van der Waals surface area contributed by atoms with Crippen LogP contribution in [0.2, 0.25) is 5.15 Å². The number of hydrogen-bond acceptors (Lipinski definition) is 3. The number of ether oxygens (including phenoxy) is 1. The summed E-state index contributed by atoms with van der Waals surface area (Å²) in [4.78, 5) is 8.91. The molecule has 0 spiro atoms. The molecule has 0 radical (unpaired) electrons. The SMILES string of the molecule is CCC(OC)c1nc(Cl)cc(C2CCCC2)n1. The molecule has 1 aliphatic carbocycles. The average molecular weight is 255 g/mol. The van der Waals surface area contributed by atoms with E-state index in [2.05, 4.69) is 16.9 Å². The summed E-state index contributed by atoms with van der Waals surface area (Å²) >= 11 is 6.08. The Hall–Kier alpha value is -0.670. The molecule has 94 valence electrons. The van der Waals surface area contributed by atoms with E-state index in [1.165, 1.54) is 25.7 Å². The molecule has 0 aromatic carbocycles. The molecule has 1 heterocycles. The van der Waals surface area contributed by atoms with Crippen molar-refractivity contribution in [2.24, 2.45) is 0 Å². The largest absolute Gasteiger partial charge is 0.373 e. The van der Waals surface area contributed by atoms with E-state index in [-0.39, 0.29) is 6.10 Å². The second-order valence-electron chi connectivity index (χ2n) is 4.59. The van der Waals surface area contributed by atoms with Gasteiger partial charge in [-0.1, -0.05) is 31.4 Å². The number of nitrogens with zero attached hydrogens (tertiary/aromatic N) is 2. The summed E-state index contributed by atoms with van der Waals surface area (Å²) in [6.07, 6.45) is 5.84. The molecule has 1 fully saturated rings. The minimum Gasteiger partial charge on any atom is -0.373 e. The Bertz CT molecular complexity index is 353. The van der Waals surface area contributed by atoms with Crippen molar-refractivity contribution in [3.8, 4) is 0 Å². The third kappa shape index (κ3) is 2.96. The molecule has 1 aliphatic rings. The van der Waals surface area contributed by atoms with Gasteiger partial charge >= 0.3 is 0 Å². The molecule has 0 N–H and O–H groups in total. The van der Waals surface area contributed by atoms with E-state index in [9.17, 15) is 0 Å². The molecular weight excluding hydrogens is 236 g/mol. The van der Waals surface area contributed by atoms with E-state index in [1.54, 1.807) is 7.11 Å². The maximum Gasteiger partial charge on any atom is 0.159 e. The van der Waals surface area contributed by atoms with Crippen molar-refractivity contribution in [1.82, 2.24) is 9.97 Å². The molecule has 0 amide bonds. The Labute approximate surface area is 108 Å². The summed E-state index contributed by atoms with van der Waals surface area (Å²) in [7, 11) is 1.69. The van der Waals surface area contributed by atoms with Gasteiger partial charge in [0.1, 0.15) is 11.3 Å². The Morgan fingerprint density at radius 2 is 2.12 bits per heavy atom. The summed E-state index contributed by atoms with van der Waals surface area (Å²) in [5.41, 5.74) is 1.09. The Morgan fingerprint density at radius 1 is 1.41 bits per heavy atom. The van der Waals surface area contributed by atoms with Gasteiger partial charge in [0.2, 0.25) is 0 Å². The van der Waals surface area contributed by atoms with Crippen LogP contribution in [0, 0.1) is 0 Å². The van der Waals surface area contributed by atoms with Gasteiger partial charge in [-0.2, -0.15) is 0 Å². The lowest BCUT2D eigenvalue weighted by Gasteiger charge is -2.15. The molecule has 2 rings (SSSR count). The topological polar surface area (TPSA) is 35.0 Å². The van der Waals surface area contributed by atoms with Gasteiger partial charge in [0.15, 0.2) is 5.82 Å². The molecule has 1 unspecified atom stereocenters. The molecule has 3 nitrogen and oxygen atoms in total. The van der Waals surface area contributed by atoms with Crippen LogP contribution in [-0.4, -0.2) is 17.1 Å². The molecule has 0 bridgehead atoms. The molecule has 1 aromatic rings. The lowest BCUT2D eigenvalue weighted by atomic mass is 10.0. The van der Waals surface area contributed by atoms with Crippen LogP contribution in [0.25, 0.3) is 0 Å². The number of hydrogen-bond donors (Lipinski definition) is 0. The lowest BCUT2D eigenvalue weighted by molar-refractivity contribution is 0.0923. The zero-order valence-corrected chi connectivity index (χ0v) is 11.2. The number of methoxy groups -OCH3 is 1. The van der Waals surface area contributed by atoms with Crippen molar-refractivity contribution in [2.45, 2.75) is 51.0 Å². The van der Waals surface area contributed by atoms with Crippen molar-refractivity contribution in [1.29, 1.82) is 0 Å². The summed E-state index contributed by atoms with van der Waals surface area (Å²) in [6.45, 7) is 2.06. The molecule has 1 atom stereocenters. The van der Waals surface area contributed by atoms with Crippen molar-refractivity contribution in [3.05, 3.63) is 22.7 Å². The van der Waals surface area contributed by atoms with Crippen LogP contribution in [0.1, 0.15) is 62.6 Å². The average Bonchev–Trinajstić information content (AvgIpc) is 2.83. The number of aromatic nitrogens is 2. The minimum absolute atomic E-state index is 0.0474. The van der Waals surface area contributed by atoms with E-state index in [0.717, 1.165) is 17.9 Å². The minimum atomic E-state index is -0.0474. The van der Waals surface area contributed by atoms with E-state index in [1.807, 2.05) is 6.07 Å². The highest BCUT2D eigenvalue weighted by Crippen LogP contribution is 2.34. The Morgan fingerprint density at radius 3 is 2.71 bits per heavy atom. The standard InChI is InChI=1S/C13H19ClN2O/c1-3-11(17-2)13-15-10(8-12(14)16-13)9-6-4-5-7-9/h8-9,11H,3-7H2,1-2H3. The summed E-state index contributed by atoms with van der Waals surface area (Å²) in [6, 6.07) is 1.91. The van der Waals surface area contributed by atoms with Crippen LogP contribution in [0.5, 0.6) is 0 Å². The molecule has 1 saturated carbocycles. The van der Waals surface area contributed by atoms with E-state index >= 15 is 0 Å². The van der Waals surface area contributed by atoms with Crippen molar-refractivity contribution < 1.29 is 4.74 Å². The van der Waals surface area contributed by atoms with Gasteiger partial charge in [-0.25, -0.2) is 9.97 Å². The van der Waals surface area contributed by atoms with E-state index in [0.29, 0.717) is 11.1 Å². The first-order valence-electron chi connectivity index (χ1n) is 6.31. The maximum absolute atomic E-state index is 6.08. The van der Waals surface area contributed by atoms with Gasteiger partial charge in [0.25, 0.3) is 0 Å². The molecule has 1 aromatic heterocycles. The molecular formula is C13H19ClN2O. The van der Waals surface area contributed by atoms with Gasteiger partial charge in [0, 0.05) is 18.7 Å². The summed E-state index contributed by atoms with van der Waals surface area (Å²) < 4.78 is 5.37. The van der Waals surface area contributed by atoms with Crippen molar-refractivity contribution in [3.63, 3.8) is 0 Å². The zero-order valence-electron chi connectivity index (χ0n) is 10.4. The smallest absolute Gasteiger partial charge is 0.159 e. The van der Waals surface area contributed by atoms with Crippen LogP contribution < -0.4 is 0 Å². The highest BCUT2D eigenvalue weighted by atomic mass is 35.5. The fourth-order valence-electron chi connectivity index (χ4n) is 2.48. The Balaban J connectivity index is 2.27. The van der Waals surface area contributed by atoms with E-state index in [4.69, 9.17) is 16.3 Å².